The highest BCUT2D eigenvalue weighted by molar-refractivity contribution is 6.21. The fraction of sp³-hybridized carbons (Fsp3) is 0. The first kappa shape index (κ1) is 33.3. The van der Waals surface area contributed by atoms with Crippen molar-refractivity contribution in [2.24, 2.45) is 0 Å². The summed E-state index contributed by atoms with van der Waals surface area (Å²) in [6, 6.07) is 75.6. The molecule has 0 spiro atoms. The summed E-state index contributed by atoms with van der Waals surface area (Å²) in [4.78, 5) is 2.32. The number of benzene rings is 10. The summed E-state index contributed by atoms with van der Waals surface area (Å²) in [5.74, 6) is 0. The zero-order valence-corrected chi connectivity index (χ0v) is 32.0. The van der Waals surface area contributed by atoms with Gasteiger partial charge in [0, 0.05) is 49.6 Å². The second kappa shape index (κ2) is 13.4. The minimum atomic E-state index is 0.900. The summed E-state index contributed by atoms with van der Waals surface area (Å²) in [7, 11) is 0. The molecule has 3 heteroatoms. The average Bonchev–Trinajstić information content (AvgIpc) is 3.89. The van der Waals surface area contributed by atoms with E-state index >= 15 is 0 Å². The Morgan fingerprint density at radius 1 is 0.288 bits per heavy atom. The molecule has 0 fully saturated rings. The Bertz CT molecular complexity index is 3540. The molecule has 0 aliphatic rings. The second-order valence-corrected chi connectivity index (χ2v) is 15.2. The molecule has 0 saturated heterocycles. The number of hydrogen-bond donors (Lipinski definition) is 0. The maximum atomic E-state index is 6.86. The van der Waals surface area contributed by atoms with Crippen molar-refractivity contribution in [2.45, 2.75) is 0 Å². The quantitative estimate of drug-likeness (QED) is 0.169. The number of nitrogens with zero attached hydrogens (tertiary/aromatic N) is 1. The number of furan rings is 2. The fourth-order valence-electron chi connectivity index (χ4n) is 9.06. The molecule has 0 radical (unpaired) electrons. The third kappa shape index (κ3) is 5.44. The molecule has 12 aromatic rings. The lowest BCUT2D eigenvalue weighted by Crippen LogP contribution is -2.09. The first-order valence-corrected chi connectivity index (χ1v) is 20.1. The summed E-state index contributed by atoms with van der Waals surface area (Å²) in [6.45, 7) is 0. The largest absolute Gasteiger partial charge is 0.456 e. The zero-order valence-electron chi connectivity index (χ0n) is 32.0. The fourth-order valence-corrected chi connectivity index (χ4v) is 9.06. The molecule has 0 atom stereocenters. The van der Waals surface area contributed by atoms with Crippen LogP contribution in [-0.2, 0) is 0 Å². The van der Waals surface area contributed by atoms with Crippen molar-refractivity contribution in [3.8, 4) is 33.4 Å². The molecule has 0 aliphatic carbocycles. The van der Waals surface area contributed by atoms with Crippen molar-refractivity contribution in [1.82, 2.24) is 0 Å². The average molecular weight is 754 g/mol. The third-order valence-electron chi connectivity index (χ3n) is 11.9. The Morgan fingerprint density at radius 2 is 0.847 bits per heavy atom. The number of rotatable bonds is 6. The van der Waals surface area contributed by atoms with Crippen LogP contribution in [0.15, 0.2) is 221 Å². The van der Waals surface area contributed by atoms with Crippen molar-refractivity contribution in [3.05, 3.63) is 212 Å². The van der Waals surface area contributed by atoms with Gasteiger partial charge in [-0.3, -0.25) is 0 Å². The molecule has 0 unspecified atom stereocenters. The summed E-state index contributed by atoms with van der Waals surface area (Å²) in [5.41, 5.74) is 13.8. The number of hydrogen-bond acceptors (Lipinski definition) is 3. The van der Waals surface area contributed by atoms with Crippen LogP contribution in [0, 0.1) is 0 Å². The summed E-state index contributed by atoms with van der Waals surface area (Å²) in [6.07, 6.45) is 0. The summed E-state index contributed by atoms with van der Waals surface area (Å²) >= 11 is 0. The van der Waals surface area contributed by atoms with E-state index < -0.39 is 0 Å². The maximum absolute atomic E-state index is 6.86. The minimum absolute atomic E-state index is 0.900. The highest BCUT2D eigenvalue weighted by Gasteiger charge is 2.19. The molecule has 3 nitrogen and oxygen atoms in total. The van der Waals surface area contributed by atoms with Gasteiger partial charge in [0.2, 0.25) is 0 Å². The smallest absolute Gasteiger partial charge is 0.143 e. The Kier molecular flexibility index (Phi) is 7.54. The number of anilines is 3. The highest BCUT2D eigenvalue weighted by atomic mass is 16.3. The lowest BCUT2D eigenvalue weighted by atomic mass is 9.94. The number of para-hydroxylation sites is 3. The van der Waals surface area contributed by atoms with Gasteiger partial charge in [0.05, 0.1) is 0 Å². The van der Waals surface area contributed by atoms with Gasteiger partial charge in [0.15, 0.2) is 0 Å². The molecule has 0 bridgehead atoms. The van der Waals surface area contributed by atoms with E-state index in [1.807, 2.05) is 12.1 Å². The van der Waals surface area contributed by atoms with Gasteiger partial charge < -0.3 is 13.7 Å². The monoisotopic (exact) mass is 753 g/mol. The molecule has 2 heterocycles. The topological polar surface area (TPSA) is 29.5 Å². The Labute approximate surface area is 340 Å². The van der Waals surface area contributed by atoms with Gasteiger partial charge in [-0.1, -0.05) is 152 Å². The van der Waals surface area contributed by atoms with Crippen molar-refractivity contribution in [3.63, 3.8) is 0 Å². The molecule has 10 aromatic carbocycles. The predicted molar refractivity (Wildman–Crippen MR) is 247 cm³/mol. The van der Waals surface area contributed by atoms with Crippen LogP contribution in [0.5, 0.6) is 0 Å². The van der Waals surface area contributed by atoms with Gasteiger partial charge in [-0.2, -0.15) is 0 Å². The van der Waals surface area contributed by atoms with Gasteiger partial charge in [-0.15, -0.1) is 0 Å². The van der Waals surface area contributed by atoms with Crippen molar-refractivity contribution in [2.75, 3.05) is 4.90 Å². The van der Waals surface area contributed by atoms with Crippen LogP contribution in [0.1, 0.15) is 0 Å². The molecule has 2 aromatic heterocycles. The maximum Gasteiger partial charge on any atom is 0.143 e. The van der Waals surface area contributed by atoms with Crippen LogP contribution in [0.3, 0.4) is 0 Å². The van der Waals surface area contributed by atoms with Gasteiger partial charge in [-0.25, -0.2) is 0 Å². The first-order chi connectivity index (χ1) is 29.2. The van der Waals surface area contributed by atoms with Crippen LogP contribution >= 0.6 is 0 Å². The van der Waals surface area contributed by atoms with Gasteiger partial charge >= 0.3 is 0 Å². The molecule has 0 N–H and O–H groups in total. The number of fused-ring (bicyclic) bond motifs is 9. The lowest BCUT2D eigenvalue weighted by molar-refractivity contribution is 0.669. The van der Waals surface area contributed by atoms with E-state index in [9.17, 15) is 0 Å². The molecule has 276 valence electrons. The zero-order chi connectivity index (χ0) is 38.9. The summed E-state index contributed by atoms with van der Waals surface area (Å²) < 4.78 is 13.1. The van der Waals surface area contributed by atoms with Crippen molar-refractivity contribution >= 4 is 82.5 Å². The molecule has 59 heavy (non-hydrogen) atoms. The van der Waals surface area contributed by atoms with Crippen molar-refractivity contribution < 1.29 is 8.83 Å². The molecular formula is C56H35NO2. The van der Waals surface area contributed by atoms with Crippen LogP contribution in [0.4, 0.5) is 17.1 Å². The predicted octanol–water partition coefficient (Wildman–Crippen LogP) is 16.3. The van der Waals surface area contributed by atoms with E-state index in [-0.39, 0.29) is 0 Å². The van der Waals surface area contributed by atoms with E-state index in [1.165, 1.54) is 16.3 Å². The Morgan fingerprint density at radius 3 is 1.64 bits per heavy atom. The molecule has 0 aliphatic heterocycles. The van der Waals surface area contributed by atoms with E-state index in [0.29, 0.717) is 0 Å². The van der Waals surface area contributed by atoms with Gasteiger partial charge in [0.25, 0.3) is 0 Å². The highest BCUT2D eigenvalue weighted by Crippen LogP contribution is 2.44. The SMILES string of the molecule is c1ccc(N(c2ccc(-c3cc4c5cccc(-c6ccc7ccccc7c6)c5oc4c4ccccc34)cc2)c2ccc(-c3cccc4oc5ccccc5c34)cc2)cc1. The van der Waals surface area contributed by atoms with Gasteiger partial charge in [0.1, 0.15) is 22.3 Å². The van der Waals surface area contributed by atoms with E-state index in [0.717, 1.165) is 99.5 Å². The standard InChI is InChI=1S/C56H35NO2/c1-2-14-41(15-3-1)57(42-30-26-37(27-31-42)44-19-11-23-53-54(44)49-18-8-9-22-52(49)58-53)43-32-28-38(29-33-43)50-35-51-48-21-10-20-45(40-25-24-36-12-4-5-13-39(36)34-40)55(48)59-56(51)47-17-7-6-16-46(47)50/h1-35H. The van der Waals surface area contributed by atoms with Crippen molar-refractivity contribution in [1.29, 1.82) is 0 Å². The van der Waals surface area contributed by atoms with Crippen LogP contribution in [0.2, 0.25) is 0 Å². The lowest BCUT2D eigenvalue weighted by Gasteiger charge is -2.26. The third-order valence-corrected chi connectivity index (χ3v) is 11.9. The first-order valence-electron chi connectivity index (χ1n) is 20.1. The minimum Gasteiger partial charge on any atom is -0.456 e. The second-order valence-electron chi connectivity index (χ2n) is 15.2. The Balaban J connectivity index is 0.950. The van der Waals surface area contributed by atoms with E-state index in [4.69, 9.17) is 8.83 Å². The Hall–Kier alpha value is -7.88. The summed E-state index contributed by atoms with van der Waals surface area (Å²) in [5, 5.41) is 9.22. The van der Waals surface area contributed by atoms with Crippen LogP contribution in [0.25, 0.3) is 98.8 Å². The van der Waals surface area contributed by atoms with E-state index in [1.54, 1.807) is 0 Å². The molecular weight excluding hydrogens is 719 g/mol. The van der Waals surface area contributed by atoms with E-state index in [2.05, 4.69) is 205 Å². The molecule has 0 amide bonds. The normalized spacial score (nSPS) is 11.7. The van der Waals surface area contributed by atoms with Gasteiger partial charge in [-0.05, 0) is 105 Å². The van der Waals surface area contributed by atoms with Crippen LogP contribution in [-0.4, -0.2) is 0 Å². The molecule has 0 saturated carbocycles. The van der Waals surface area contributed by atoms with Crippen LogP contribution < -0.4 is 4.90 Å². The molecule has 12 rings (SSSR count).